The van der Waals surface area contributed by atoms with Crippen molar-refractivity contribution in [2.45, 2.75) is 20.3 Å². The zero-order chi connectivity index (χ0) is 14.3. The minimum absolute atomic E-state index is 0.787. The molecule has 1 aliphatic heterocycles. The van der Waals surface area contributed by atoms with Gasteiger partial charge in [-0.3, -0.25) is 0 Å². The largest absolute Gasteiger partial charge is 0.780 e. The van der Waals surface area contributed by atoms with Crippen molar-refractivity contribution in [3.63, 3.8) is 0 Å². The van der Waals surface area contributed by atoms with Crippen LogP contribution in [0.1, 0.15) is 20.3 Å². The number of hydrogen-bond acceptors (Lipinski definition) is 5. The molecule has 19 heavy (non-hydrogen) atoms. The lowest BCUT2D eigenvalue weighted by Crippen LogP contribution is -1.79. The predicted molar refractivity (Wildman–Crippen MR) is 99.8 cm³/mol. The number of rotatable bonds is 5. The van der Waals surface area contributed by atoms with E-state index in [-0.39, 0.29) is 0 Å². The van der Waals surface area contributed by atoms with Crippen LogP contribution in [0.5, 0.6) is 0 Å². The van der Waals surface area contributed by atoms with Crippen LogP contribution in [0, 0.1) is 0 Å². The molecule has 0 aromatic rings. The molecule has 0 aliphatic carbocycles. The third kappa shape index (κ3) is 6.45. The molecule has 0 N–H and O–H groups in total. The van der Waals surface area contributed by atoms with Crippen LogP contribution in [0.4, 0.5) is 0 Å². The van der Waals surface area contributed by atoms with Crippen LogP contribution in [0.25, 0.3) is 0 Å². The van der Waals surface area contributed by atoms with Crippen molar-refractivity contribution in [1.29, 1.82) is 0 Å². The average Bonchev–Trinajstić information content (AvgIpc) is 2.83. The van der Waals surface area contributed by atoms with Gasteiger partial charge >= 0.3 is 0 Å². The highest BCUT2D eigenvalue weighted by molar-refractivity contribution is 8.80. The maximum Gasteiger partial charge on any atom is 0.0182 e. The molecule has 0 spiro atoms. The minimum Gasteiger partial charge on any atom is -0.780 e. The maximum absolute atomic E-state index is 5.35. The molecule has 104 valence electrons. The Morgan fingerprint density at radius 2 is 2.00 bits per heavy atom. The Labute approximate surface area is 139 Å². The van der Waals surface area contributed by atoms with Gasteiger partial charge in [0.1, 0.15) is 0 Å². The lowest BCUT2D eigenvalue weighted by Gasteiger charge is -2.14. The van der Waals surface area contributed by atoms with Crippen LogP contribution in [0.3, 0.4) is 0 Å². The molecule has 1 aliphatic rings. The summed E-state index contributed by atoms with van der Waals surface area (Å²) in [6, 6.07) is 0. The molecule has 0 saturated heterocycles. The van der Waals surface area contributed by atoms with E-state index in [1.807, 2.05) is 25.2 Å². The summed E-state index contributed by atoms with van der Waals surface area (Å²) in [6.45, 7) is 4.17. The Bertz CT molecular complexity index is 460. The van der Waals surface area contributed by atoms with E-state index in [0.29, 0.717) is 0 Å². The van der Waals surface area contributed by atoms with E-state index in [2.05, 4.69) is 25.3 Å². The summed E-state index contributed by atoms with van der Waals surface area (Å²) in [5.41, 5.74) is 0. The van der Waals surface area contributed by atoms with Crippen molar-refractivity contribution in [2.24, 2.45) is 0 Å². The van der Waals surface area contributed by atoms with Gasteiger partial charge in [0.25, 0.3) is 0 Å². The lowest BCUT2D eigenvalue weighted by atomic mass is 10.3. The zero-order valence-electron chi connectivity index (χ0n) is 11.1. The Balaban J connectivity index is 2.78. The van der Waals surface area contributed by atoms with Gasteiger partial charge < -0.3 is 25.3 Å². The summed E-state index contributed by atoms with van der Waals surface area (Å²) in [4.78, 5) is 5.33. The van der Waals surface area contributed by atoms with Crippen LogP contribution in [0.2, 0.25) is 0 Å². The molecule has 0 amide bonds. The highest BCUT2D eigenvalue weighted by atomic mass is 33.1. The molecule has 5 heteroatoms. The van der Waals surface area contributed by atoms with E-state index in [1.54, 1.807) is 33.3 Å². The van der Waals surface area contributed by atoms with Gasteiger partial charge in [0.2, 0.25) is 0 Å². The van der Waals surface area contributed by atoms with Crippen LogP contribution in [0.15, 0.2) is 54.9 Å². The van der Waals surface area contributed by atoms with Gasteiger partial charge in [-0.1, -0.05) is 46.7 Å². The summed E-state index contributed by atoms with van der Waals surface area (Å²) < 4.78 is 0. The molecule has 0 unspecified atom stereocenters. The molecule has 0 fully saturated rings. The average molecular weight is 345 g/mol. The van der Waals surface area contributed by atoms with Gasteiger partial charge in [-0.25, -0.2) is 0 Å². The Morgan fingerprint density at radius 3 is 2.53 bits per heavy atom. The normalized spacial score (nSPS) is 20.1. The van der Waals surface area contributed by atoms with E-state index in [4.69, 9.17) is 25.3 Å². The summed E-state index contributed by atoms with van der Waals surface area (Å²) in [6.07, 6.45) is 13.2. The molecule has 0 bridgehead atoms. The van der Waals surface area contributed by atoms with Gasteiger partial charge in [-0.15, -0.1) is 17.8 Å². The molecule has 0 nitrogen and oxygen atoms in total. The molecule has 0 saturated carbocycles. The second-order valence-electron chi connectivity index (χ2n) is 3.67. The first-order valence-electron chi connectivity index (χ1n) is 5.83. The van der Waals surface area contributed by atoms with Crippen LogP contribution in [-0.4, -0.2) is 6.26 Å². The molecule has 0 aromatic heterocycles. The number of allylic oxidation sites excluding steroid dienone is 6. The Kier molecular flexibility index (Phi) is 8.34. The lowest BCUT2D eigenvalue weighted by molar-refractivity contribution is 1.20. The predicted octanol–water partition coefficient (Wildman–Crippen LogP) is 5.69. The monoisotopic (exact) mass is 344 g/mol. The van der Waals surface area contributed by atoms with Gasteiger partial charge in [0.05, 0.1) is 0 Å². The molecule has 1 rings (SSSR count). The third-order valence-electron chi connectivity index (χ3n) is 2.29. The summed E-state index contributed by atoms with van der Waals surface area (Å²) >= 11 is 12.4. The van der Waals surface area contributed by atoms with Crippen molar-refractivity contribution < 1.29 is 0 Å². The van der Waals surface area contributed by atoms with Crippen molar-refractivity contribution in [3.8, 4) is 0 Å². The van der Waals surface area contributed by atoms with Crippen molar-refractivity contribution in [3.05, 3.63) is 54.9 Å². The van der Waals surface area contributed by atoms with E-state index < -0.39 is 0 Å². The van der Waals surface area contributed by atoms with Gasteiger partial charge in [-0.2, -0.15) is 9.81 Å². The third-order valence-corrected chi connectivity index (χ3v) is 6.15. The van der Waals surface area contributed by atoms with Gasteiger partial charge in [-0.05, 0) is 30.6 Å². The zero-order valence-corrected chi connectivity index (χ0v) is 15.2. The Morgan fingerprint density at radius 1 is 1.26 bits per heavy atom. The van der Waals surface area contributed by atoms with Crippen molar-refractivity contribution in [2.75, 3.05) is 6.26 Å². The van der Waals surface area contributed by atoms with E-state index in [9.17, 15) is 0 Å². The quantitative estimate of drug-likeness (QED) is 0.356. The topological polar surface area (TPSA) is 0 Å². The summed E-state index contributed by atoms with van der Waals surface area (Å²) in [7, 11) is 3.50. The molecule has 0 atom stereocenters. The van der Waals surface area contributed by atoms with Crippen molar-refractivity contribution >= 4 is 58.6 Å². The first kappa shape index (κ1) is 17.2. The second kappa shape index (κ2) is 9.19. The number of hydrogen-bond donors (Lipinski definition) is 0. The fraction of sp³-hybridized carbons (Fsp3) is 0.286. The maximum atomic E-state index is 5.35. The van der Waals surface area contributed by atoms with Gasteiger partial charge in [0, 0.05) is 9.81 Å². The van der Waals surface area contributed by atoms with Crippen LogP contribution >= 0.6 is 33.3 Å². The summed E-state index contributed by atoms with van der Waals surface area (Å²) in [5, 5.41) is 0. The SMILES string of the molecule is CC=C1C=C(/C=C([S-])/C=C([S-])/C=C(/CC)SC)SS1. The van der Waals surface area contributed by atoms with E-state index in [1.165, 1.54) is 14.7 Å². The molecular formula is C14H16S5-2. The van der Waals surface area contributed by atoms with Crippen LogP contribution in [-0.2, 0) is 25.3 Å². The standard InChI is InChI=1S/C14H18S5/c1-4-12(17-3)7-10(15)6-11(16)8-14-9-13(5-2)18-19-14/h5-9,15-16H,4H2,1-3H3/p-2/b10-6-,11-8-,12-7-,13-5?. The molecule has 0 aromatic carbocycles. The first-order chi connectivity index (χ1) is 9.08. The number of thioether (sulfide) groups is 1. The smallest absolute Gasteiger partial charge is 0.0182 e. The molecular weight excluding hydrogens is 328 g/mol. The minimum atomic E-state index is 0.787. The van der Waals surface area contributed by atoms with Gasteiger partial charge in [0.15, 0.2) is 0 Å². The molecule has 1 heterocycles. The fourth-order valence-electron chi connectivity index (χ4n) is 1.31. The highest BCUT2D eigenvalue weighted by Gasteiger charge is 2.06. The van der Waals surface area contributed by atoms with E-state index in [0.717, 1.165) is 16.2 Å². The van der Waals surface area contributed by atoms with E-state index >= 15 is 0 Å². The first-order valence-corrected chi connectivity index (χ1v) is 10.0. The highest BCUT2D eigenvalue weighted by Crippen LogP contribution is 2.45. The molecule has 0 radical (unpaired) electrons. The fourth-order valence-corrected chi connectivity index (χ4v) is 4.78. The summed E-state index contributed by atoms with van der Waals surface area (Å²) in [5.74, 6) is 0. The van der Waals surface area contributed by atoms with Crippen LogP contribution < -0.4 is 0 Å². The Hall–Kier alpha value is 0.190. The second-order valence-corrected chi connectivity index (χ2v) is 7.82. The van der Waals surface area contributed by atoms with Crippen molar-refractivity contribution in [1.82, 2.24) is 0 Å².